The number of Topliss-reactive ketones (excluding diaryl/α,β-unsaturated/α-hetero) is 1. The number of carbonyl (C=O) groups is 2. The zero-order valence-electron chi connectivity index (χ0n) is 11.1. The lowest BCUT2D eigenvalue weighted by molar-refractivity contribution is -0.124. The highest BCUT2D eigenvalue weighted by Gasteiger charge is 2.12. The second-order valence-electron chi connectivity index (χ2n) is 4.56. The molecular weight excluding hydrogens is 214 g/mol. The first-order chi connectivity index (χ1) is 7.82. The van der Waals surface area contributed by atoms with E-state index in [2.05, 4.69) is 11.4 Å². The fourth-order valence-corrected chi connectivity index (χ4v) is 1.81. The van der Waals surface area contributed by atoms with E-state index in [1.807, 2.05) is 27.7 Å². The number of aryl methyl sites for hydroxylation is 2. The third kappa shape index (κ3) is 3.16. The van der Waals surface area contributed by atoms with Crippen molar-refractivity contribution in [2.75, 3.05) is 5.32 Å². The smallest absolute Gasteiger partial charge is 0.231 e. The fraction of sp³-hybridized carbons (Fsp3) is 0.429. The van der Waals surface area contributed by atoms with Crippen molar-refractivity contribution in [2.45, 2.75) is 41.0 Å². The van der Waals surface area contributed by atoms with Crippen LogP contribution in [0.4, 0.5) is 5.69 Å². The quantitative estimate of drug-likeness (QED) is 0.816. The van der Waals surface area contributed by atoms with E-state index in [1.54, 1.807) is 0 Å². The average molecular weight is 233 g/mol. The van der Waals surface area contributed by atoms with Gasteiger partial charge in [-0.2, -0.15) is 0 Å². The summed E-state index contributed by atoms with van der Waals surface area (Å²) in [6.07, 6.45) is -0.0636. The van der Waals surface area contributed by atoms with Gasteiger partial charge in [0.25, 0.3) is 0 Å². The average Bonchev–Trinajstić information content (AvgIpc) is 2.20. The van der Waals surface area contributed by atoms with Gasteiger partial charge in [-0.25, -0.2) is 0 Å². The molecule has 3 nitrogen and oxygen atoms in total. The Hall–Kier alpha value is -1.64. The zero-order valence-corrected chi connectivity index (χ0v) is 11.1. The van der Waals surface area contributed by atoms with Gasteiger partial charge < -0.3 is 5.32 Å². The molecule has 17 heavy (non-hydrogen) atoms. The third-order valence-electron chi connectivity index (χ3n) is 3.04. The molecule has 0 saturated carbocycles. The largest absolute Gasteiger partial charge is 0.325 e. The summed E-state index contributed by atoms with van der Waals surface area (Å²) >= 11 is 0. The molecule has 0 fully saturated rings. The van der Waals surface area contributed by atoms with Crippen LogP contribution < -0.4 is 5.32 Å². The summed E-state index contributed by atoms with van der Waals surface area (Å²) in [5.41, 5.74) is 5.25. The van der Waals surface area contributed by atoms with Gasteiger partial charge >= 0.3 is 0 Å². The van der Waals surface area contributed by atoms with Crippen LogP contribution in [-0.2, 0) is 9.59 Å². The van der Waals surface area contributed by atoms with E-state index >= 15 is 0 Å². The van der Waals surface area contributed by atoms with Gasteiger partial charge in [-0.15, -0.1) is 0 Å². The fourth-order valence-electron chi connectivity index (χ4n) is 1.81. The van der Waals surface area contributed by atoms with Crippen molar-refractivity contribution < 1.29 is 9.59 Å². The standard InChI is InChI=1S/C14H19NO2/c1-8-6-9(2)12(5)14(11(8)4)15-13(17)7-10(3)16/h6H,7H2,1-5H3,(H,15,17). The molecule has 92 valence electrons. The topological polar surface area (TPSA) is 46.2 Å². The van der Waals surface area contributed by atoms with Crippen molar-refractivity contribution in [3.63, 3.8) is 0 Å². The van der Waals surface area contributed by atoms with Crippen LogP contribution in [0, 0.1) is 27.7 Å². The Morgan fingerprint density at radius 1 is 1.06 bits per heavy atom. The highest BCUT2D eigenvalue weighted by Crippen LogP contribution is 2.26. The molecular formula is C14H19NO2. The summed E-state index contributed by atoms with van der Waals surface area (Å²) in [5, 5.41) is 2.83. The minimum absolute atomic E-state index is 0.0636. The maximum absolute atomic E-state index is 11.6. The van der Waals surface area contributed by atoms with Crippen LogP contribution in [0.25, 0.3) is 0 Å². The monoisotopic (exact) mass is 233 g/mol. The molecule has 0 aliphatic heterocycles. The summed E-state index contributed by atoms with van der Waals surface area (Å²) in [7, 11) is 0. The molecule has 1 amide bonds. The highest BCUT2D eigenvalue weighted by atomic mass is 16.2. The minimum atomic E-state index is -0.242. The molecule has 0 spiro atoms. The van der Waals surface area contributed by atoms with E-state index < -0.39 is 0 Å². The van der Waals surface area contributed by atoms with Gasteiger partial charge in [-0.1, -0.05) is 6.07 Å². The molecule has 0 aliphatic rings. The zero-order chi connectivity index (χ0) is 13.2. The molecule has 1 rings (SSSR count). The predicted octanol–water partition coefficient (Wildman–Crippen LogP) is 2.84. The van der Waals surface area contributed by atoms with Crippen molar-refractivity contribution >= 4 is 17.4 Å². The molecule has 0 aliphatic carbocycles. The van der Waals surface area contributed by atoms with Crippen LogP contribution in [0.3, 0.4) is 0 Å². The molecule has 0 aromatic heterocycles. The summed E-state index contributed by atoms with van der Waals surface area (Å²) in [6, 6.07) is 2.10. The molecule has 0 radical (unpaired) electrons. The summed E-state index contributed by atoms with van der Waals surface area (Å²) < 4.78 is 0. The lowest BCUT2D eigenvalue weighted by Gasteiger charge is -2.15. The molecule has 1 aromatic carbocycles. The Morgan fingerprint density at radius 3 is 1.94 bits per heavy atom. The van der Waals surface area contributed by atoms with E-state index in [4.69, 9.17) is 0 Å². The molecule has 0 saturated heterocycles. The number of hydrogen-bond acceptors (Lipinski definition) is 2. The van der Waals surface area contributed by atoms with E-state index in [-0.39, 0.29) is 18.1 Å². The molecule has 0 heterocycles. The van der Waals surface area contributed by atoms with E-state index in [0.29, 0.717) is 0 Å². The van der Waals surface area contributed by atoms with Crippen LogP contribution in [0.5, 0.6) is 0 Å². The Morgan fingerprint density at radius 2 is 1.53 bits per heavy atom. The van der Waals surface area contributed by atoms with E-state index in [9.17, 15) is 9.59 Å². The highest BCUT2D eigenvalue weighted by molar-refractivity contribution is 6.04. The first-order valence-electron chi connectivity index (χ1n) is 5.69. The summed E-state index contributed by atoms with van der Waals surface area (Å²) in [6.45, 7) is 9.40. The van der Waals surface area contributed by atoms with Crippen molar-refractivity contribution in [1.29, 1.82) is 0 Å². The van der Waals surface area contributed by atoms with Gasteiger partial charge in [0.2, 0.25) is 5.91 Å². The van der Waals surface area contributed by atoms with Gasteiger partial charge in [0.05, 0.1) is 6.42 Å². The molecule has 3 heteroatoms. The molecule has 0 unspecified atom stereocenters. The van der Waals surface area contributed by atoms with Crippen LogP contribution in [0.1, 0.15) is 35.6 Å². The number of ketones is 1. The summed E-state index contributed by atoms with van der Waals surface area (Å²) in [4.78, 5) is 22.5. The van der Waals surface area contributed by atoms with E-state index in [1.165, 1.54) is 6.92 Å². The minimum Gasteiger partial charge on any atom is -0.325 e. The Bertz CT molecular complexity index is 449. The lowest BCUT2D eigenvalue weighted by Crippen LogP contribution is -2.17. The number of anilines is 1. The van der Waals surface area contributed by atoms with Crippen molar-refractivity contribution in [1.82, 2.24) is 0 Å². The van der Waals surface area contributed by atoms with Gasteiger partial charge in [0, 0.05) is 5.69 Å². The van der Waals surface area contributed by atoms with Crippen LogP contribution in [0.2, 0.25) is 0 Å². The SMILES string of the molecule is CC(=O)CC(=O)Nc1c(C)c(C)cc(C)c1C. The lowest BCUT2D eigenvalue weighted by atomic mass is 9.98. The Balaban J connectivity index is 3.06. The Kier molecular flexibility index (Phi) is 4.05. The first kappa shape index (κ1) is 13.4. The molecule has 1 N–H and O–H groups in total. The van der Waals surface area contributed by atoms with Gasteiger partial charge in [-0.3, -0.25) is 9.59 Å². The number of benzene rings is 1. The number of carbonyl (C=O) groups excluding carboxylic acids is 2. The second kappa shape index (κ2) is 5.13. The Labute approximate surface area is 102 Å². The predicted molar refractivity (Wildman–Crippen MR) is 69.3 cm³/mol. The summed E-state index contributed by atoms with van der Waals surface area (Å²) in [5.74, 6) is -0.365. The van der Waals surface area contributed by atoms with Crippen LogP contribution >= 0.6 is 0 Å². The maximum atomic E-state index is 11.6. The van der Waals surface area contributed by atoms with Crippen molar-refractivity contribution in [2.24, 2.45) is 0 Å². The van der Waals surface area contributed by atoms with Crippen LogP contribution in [-0.4, -0.2) is 11.7 Å². The molecule has 0 atom stereocenters. The van der Waals surface area contributed by atoms with E-state index in [0.717, 1.165) is 27.9 Å². The van der Waals surface area contributed by atoms with Gasteiger partial charge in [0.1, 0.15) is 5.78 Å². The van der Waals surface area contributed by atoms with Crippen molar-refractivity contribution in [3.8, 4) is 0 Å². The normalized spacial score (nSPS) is 10.2. The van der Waals surface area contributed by atoms with Gasteiger partial charge in [-0.05, 0) is 56.9 Å². The molecule has 0 bridgehead atoms. The number of hydrogen-bond donors (Lipinski definition) is 1. The van der Waals surface area contributed by atoms with Crippen LogP contribution in [0.15, 0.2) is 6.07 Å². The second-order valence-corrected chi connectivity index (χ2v) is 4.56. The maximum Gasteiger partial charge on any atom is 0.231 e. The number of amides is 1. The van der Waals surface area contributed by atoms with Gasteiger partial charge in [0.15, 0.2) is 0 Å². The third-order valence-corrected chi connectivity index (χ3v) is 3.04. The number of rotatable bonds is 3. The molecule has 1 aromatic rings. The number of nitrogens with one attached hydrogen (secondary N) is 1. The first-order valence-corrected chi connectivity index (χ1v) is 5.69. The van der Waals surface area contributed by atoms with Crippen molar-refractivity contribution in [3.05, 3.63) is 28.3 Å².